The van der Waals surface area contributed by atoms with Crippen LogP contribution in [-0.2, 0) is 6.42 Å². The second-order valence-corrected chi connectivity index (χ2v) is 3.74. The van der Waals surface area contributed by atoms with Crippen LogP contribution in [0.5, 0.6) is 0 Å². The highest BCUT2D eigenvalue weighted by atomic mass is 79.9. The van der Waals surface area contributed by atoms with Crippen molar-refractivity contribution in [2.45, 2.75) is 19.5 Å². The van der Waals surface area contributed by atoms with E-state index in [0.717, 1.165) is 5.56 Å². The standard InChI is InChI=1S/C9H8BrF3/c1-6-2-3-7(8(10)4-6)5-9(11,12)13/h2-4H,5H2,1H3. The van der Waals surface area contributed by atoms with Gasteiger partial charge < -0.3 is 0 Å². The first-order chi connectivity index (χ1) is 5.88. The lowest BCUT2D eigenvalue weighted by Crippen LogP contribution is -2.11. The molecule has 0 heterocycles. The van der Waals surface area contributed by atoms with Crippen molar-refractivity contribution in [2.24, 2.45) is 0 Å². The molecule has 0 nitrogen and oxygen atoms in total. The highest BCUT2D eigenvalue weighted by Gasteiger charge is 2.28. The Morgan fingerprint density at radius 3 is 2.38 bits per heavy atom. The molecule has 1 aromatic carbocycles. The summed E-state index contributed by atoms with van der Waals surface area (Å²) >= 11 is 3.10. The summed E-state index contributed by atoms with van der Waals surface area (Å²) in [6.45, 7) is 1.84. The summed E-state index contributed by atoms with van der Waals surface area (Å²) in [7, 11) is 0. The SMILES string of the molecule is Cc1ccc(CC(F)(F)F)c(Br)c1. The lowest BCUT2D eigenvalue weighted by molar-refractivity contribution is -0.127. The van der Waals surface area contributed by atoms with Crippen molar-refractivity contribution in [2.75, 3.05) is 0 Å². The number of hydrogen-bond acceptors (Lipinski definition) is 0. The summed E-state index contributed by atoms with van der Waals surface area (Å²) in [5.41, 5.74) is 1.22. The average Bonchev–Trinajstić information content (AvgIpc) is 1.93. The third-order valence-corrected chi connectivity index (χ3v) is 2.34. The first kappa shape index (κ1) is 10.6. The minimum absolute atomic E-state index is 0.276. The Balaban J connectivity index is 2.90. The lowest BCUT2D eigenvalue weighted by Gasteiger charge is -2.08. The highest BCUT2D eigenvalue weighted by molar-refractivity contribution is 9.10. The molecule has 0 spiro atoms. The summed E-state index contributed by atoms with van der Waals surface area (Å²) in [4.78, 5) is 0. The third kappa shape index (κ3) is 3.38. The van der Waals surface area contributed by atoms with E-state index in [9.17, 15) is 13.2 Å². The van der Waals surface area contributed by atoms with Crippen LogP contribution in [0.4, 0.5) is 13.2 Å². The summed E-state index contributed by atoms with van der Waals surface area (Å²) in [5, 5.41) is 0. The zero-order chi connectivity index (χ0) is 10.1. The quantitative estimate of drug-likeness (QED) is 0.712. The predicted octanol–water partition coefficient (Wildman–Crippen LogP) is 3.86. The molecule has 4 heteroatoms. The molecule has 0 amide bonds. The molecule has 0 saturated heterocycles. The Kier molecular flexibility index (Phi) is 3.01. The summed E-state index contributed by atoms with van der Waals surface area (Å²) in [6.07, 6.45) is -5.02. The van der Waals surface area contributed by atoms with Gasteiger partial charge in [-0.15, -0.1) is 0 Å². The Morgan fingerprint density at radius 1 is 1.31 bits per heavy atom. The van der Waals surface area contributed by atoms with Gasteiger partial charge in [-0.2, -0.15) is 13.2 Å². The van der Waals surface area contributed by atoms with Crippen molar-refractivity contribution in [1.29, 1.82) is 0 Å². The summed E-state index contributed by atoms with van der Waals surface area (Å²) in [5.74, 6) is 0. The lowest BCUT2D eigenvalue weighted by atomic mass is 10.1. The van der Waals surface area contributed by atoms with E-state index in [4.69, 9.17) is 0 Å². The molecule has 13 heavy (non-hydrogen) atoms. The molecule has 1 rings (SSSR count). The molecule has 0 aliphatic heterocycles. The fraction of sp³-hybridized carbons (Fsp3) is 0.333. The van der Waals surface area contributed by atoms with E-state index in [2.05, 4.69) is 15.9 Å². The van der Waals surface area contributed by atoms with Gasteiger partial charge in [0.25, 0.3) is 0 Å². The van der Waals surface area contributed by atoms with Crippen LogP contribution in [0.1, 0.15) is 11.1 Å². The number of hydrogen-bond donors (Lipinski definition) is 0. The van der Waals surface area contributed by atoms with Gasteiger partial charge in [0.05, 0.1) is 6.42 Å². The summed E-state index contributed by atoms with van der Waals surface area (Å²) in [6, 6.07) is 4.85. The van der Waals surface area contributed by atoms with Crippen LogP contribution in [0.3, 0.4) is 0 Å². The molecule has 0 aromatic heterocycles. The van der Waals surface area contributed by atoms with E-state index in [1.165, 1.54) is 6.07 Å². The number of alkyl halides is 3. The maximum atomic E-state index is 12.0. The van der Waals surface area contributed by atoms with Gasteiger partial charge in [-0.1, -0.05) is 28.1 Å². The molecule has 0 bridgehead atoms. The van der Waals surface area contributed by atoms with Gasteiger partial charge in [0.1, 0.15) is 0 Å². The minimum Gasteiger partial charge on any atom is -0.171 e. The number of rotatable bonds is 1. The largest absolute Gasteiger partial charge is 0.393 e. The van der Waals surface area contributed by atoms with Crippen molar-refractivity contribution in [1.82, 2.24) is 0 Å². The van der Waals surface area contributed by atoms with Crippen molar-refractivity contribution in [3.63, 3.8) is 0 Å². The van der Waals surface area contributed by atoms with Crippen LogP contribution in [0.2, 0.25) is 0 Å². The highest BCUT2D eigenvalue weighted by Crippen LogP contribution is 2.26. The van der Waals surface area contributed by atoms with Crippen LogP contribution < -0.4 is 0 Å². The smallest absolute Gasteiger partial charge is 0.171 e. The van der Waals surface area contributed by atoms with Crippen LogP contribution >= 0.6 is 15.9 Å². The molecule has 0 N–H and O–H groups in total. The zero-order valence-electron chi connectivity index (χ0n) is 6.95. The van der Waals surface area contributed by atoms with Crippen molar-refractivity contribution >= 4 is 15.9 Å². The van der Waals surface area contributed by atoms with Gasteiger partial charge in [-0.3, -0.25) is 0 Å². The third-order valence-electron chi connectivity index (χ3n) is 1.60. The molecule has 0 radical (unpaired) electrons. The van der Waals surface area contributed by atoms with Gasteiger partial charge in [-0.25, -0.2) is 0 Å². The number of halogens is 4. The molecule has 0 fully saturated rings. The molecule has 72 valence electrons. The Hall–Kier alpha value is -0.510. The molecule has 1 aromatic rings. The number of benzene rings is 1. The van der Waals surface area contributed by atoms with E-state index < -0.39 is 12.6 Å². The van der Waals surface area contributed by atoms with Gasteiger partial charge >= 0.3 is 6.18 Å². The van der Waals surface area contributed by atoms with E-state index in [1.54, 1.807) is 12.1 Å². The molecular weight excluding hydrogens is 245 g/mol. The van der Waals surface area contributed by atoms with Crippen LogP contribution in [0, 0.1) is 6.92 Å². The van der Waals surface area contributed by atoms with Crippen molar-refractivity contribution in [3.8, 4) is 0 Å². The average molecular weight is 253 g/mol. The first-order valence-corrected chi connectivity index (χ1v) is 4.49. The van der Waals surface area contributed by atoms with E-state index >= 15 is 0 Å². The molecule has 0 atom stereocenters. The molecular formula is C9H8BrF3. The van der Waals surface area contributed by atoms with Gasteiger partial charge in [0, 0.05) is 4.47 Å². The summed E-state index contributed by atoms with van der Waals surface area (Å²) < 4.78 is 36.5. The second kappa shape index (κ2) is 3.70. The number of aryl methyl sites for hydroxylation is 1. The maximum Gasteiger partial charge on any atom is 0.393 e. The molecule has 0 unspecified atom stereocenters. The topological polar surface area (TPSA) is 0 Å². The maximum absolute atomic E-state index is 12.0. The van der Waals surface area contributed by atoms with Crippen LogP contribution in [-0.4, -0.2) is 6.18 Å². The Labute approximate surface area is 82.9 Å². The first-order valence-electron chi connectivity index (χ1n) is 3.70. The normalized spacial score (nSPS) is 11.8. The molecule has 0 aliphatic carbocycles. The van der Waals surface area contributed by atoms with Crippen LogP contribution in [0.25, 0.3) is 0 Å². The van der Waals surface area contributed by atoms with Gasteiger partial charge in [0.15, 0.2) is 0 Å². The molecule has 0 aliphatic rings. The zero-order valence-corrected chi connectivity index (χ0v) is 8.54. The molecule has 0 saturated carbocycles. The van der Waals surface area contributed by atoms with E-state index in [0.29, 0.717) is 4.47 Å². The van der Waals surface area contributed by atoms with Gasteiger partial charge in [0.2, 0.25) is 0 Å². The Bertz CT molecular complexity index is 304. The second-order valence-electron chi connectivity index (χ2n) is 2.89. The fourth-order valence-corrected chi connectivity index (χ4v) is 1.65. The fourth-order valence-electron chi connectivity index (χ4n) is 1.01. The van der Waals surface area contributed by atoms with E-state index in [-0.39, 0.29) is 5.56 Å². The van der Waals surface area contributed by atoms with Crippen molar-refractivity contribution < 1.29 is 13.2 Å². The minimum atomic E-state index is -4.14. The predicted molar refractivity (Wildman–Crippen MR) is 48.6 cm³/mol. The van der Waals surface area contributed by atoms with Gasteiger partial charge in [-0.05, 0) is 24.1 Å². The van der Waals surface area contributed by atoms with Crippen LogP contribution in [0.15, 0.2) is 22.7 Å². The van der Waals surface area contributed by atoms with Crippen molar-refractivity contribution in [3.05, 3.63) is 33.8 Å². The van der Waals surface area contributed by atoms with E-state index in [1.807, 2.05) is 6.92 Å². The Morgan fingerprint density at radius 2 is 1.92 bits per heavy atom. The monoisotopic (exact) mass is 252 g/mol.